The fourth-order valence-corrected chi connectivity index (χ4v) is 2.32. The fourth-order valence-electron chi connectivity index (χ4n) is 2.32. The first kappa shape index (κ1) is 17.6. The highest BCUT2D eigenvalue weighted by Crippen LogP contribution is 2.19. The summed E-state index contributed by atoms with van der Waals surface area (Å²) in [6.07, 6.45) is 3.28. The monoisotopic (exact) mass is 330 g/mol. The number of methoxy groups -OCH3 is 1. The number of ether oxygens (including phenoxy) is 2. The maximum absolute atomic E-state index is 12.0. The quantitative estimate of drug-likeness (QED) is 0.630. The normalized spacial score (nSPS) is 11.6. The number of hydrogen-bond acceptors (Lipinski definition) is 4. The SMILES string of the molecule is COC(=O)[C@H](Cc1c[nH]c2ccccc12)NC(=O)OCC=C(C)C. The van der Waals surface area contributed by atoms with E-state index < -0.39 is 18.1 Å². The molecule has 2 aromatic rings. The van der Waals surface area contributed by atoms with Crippen LogP contribution in [-0.4, -0.2) is 36.8 Å². The summed E-state index contributed by atoms with van der Waals surface area (Å²) in [6.45, 7) is 3.99. The Kier molecular flexibility index (Phi) is 6.01. The molecule has 0 radical (unpaired) electrons. The molecule has 0 unspecified atom stereocenters. The van der Waals surface area contributed by atoms with Gasteiger partial charge < -0.3 is 19.8 Å². The molecule has 128 valence electrons. The third kappa shape index (κ3) is 4.62. The van der Waals surface area contributed by atoms with E-state index in [1.54, 1.807) is 6.08 Å². The van der Waals surface area contributed by atoms with Crippen molar-refractivity contribution in [2.45, 2.75) is 26.3 Å². The number of fused-ring (bicyclic) bond motifs is 1. The molecule has 2 N–H and O–H groups in total. The number of hydrogen-bond donors (Lipinski definition) is 2. The number of carbonyl (C=O) groups excluding carboxylic acids is 2. The number of esters is 1. The van der Waals surface area contributed by atoms with Crippen LogP contribution in [0.1, 0.15) is 19.4 Å². The van der Waals surface area contributed by atoms with Crippen molar-refractivity contribution in [2.75, 3.05) is 13.7 Å². The van der Waals surface area contributed by atoms with Gasteiger partial charge in [-0.05, 0) is 31.6 Å². The molecular weight excluding hydrogens is 308 g/mol. The lowest BCUT2D eigenvalue weighted by atomic mass is 10.1. The van der Waals surface area contributed by atoms with Crippen LogP contribution in [-0.2, 0) is 20.7 Å². The summed E-state index contributed by atoms with van der Waals surface area (Å²) in [4.78, 5) is 27.0. The van der Waals surface area contributed by atoms with Crippen LogP contribution < -0.4 is 5.32 Å². The van der Waals surface area contributed by atoms with Crippen molar-refractivity contribution in [1.29, 1.82) is 0 Å². The molecule has 24 heavy (non-hydrogen) atoms. The van der Waals surface area contributed by atoms with E-state index in [-0.39, 0.29) is 6.61 Å². The number of aromatic amines is 1. The summed E-state index contributed by atoms with van der Waals surface area (Å²) in [5.74, 6) is -0.514. The van der Waals surface area contributed by atoms with E-state index in [4.69, 9.17) is 9.47 Å². The highest BCUT2D eigenvalue weighted by atomic mass is 16.6. The molecule has 1 aromatic heterocycles. The minimum atomic E-state index is -0.812. The number of rotatable bonds is 6. The molecule has 0 aliphatic heterocycles. The van der Waals surface area contributed by atoms with Gasteiger partial charge in [0, 0.05) is 23.5 Å². The van der Waals surface area contributed by atoms with E-state index in [0.29, 0.717) is 6.42 Å². The third-order valence-electron chi connectivity index (χ3n) is 3.58. The van der Waals surface area contributed by atoms with Crippen LogP contribution in [0, 0.1) is 0 Å². The minimum Gasteiger partial charge on any atom is -0.467 e. The lowest BCUT2D eigenvalue weighted by Gasteiger charge is -2.16. The van der Waals surface area contributed by atoms with Gasteiger partial charge in [0.05, 0.1) is 7.11 Å². The summed E-state index contributed by atoms with van der Waals surface area (Å²) in [5.41, 5.74) is 2.94. The van der Waals surface area contributed by atoms with Crippen molar-refractivity contribution < 1.29 is 19.1 Å². The lowest BCUT2D eigenvalue weighted by Crippen LogP contribution is -2.43. The number of aromatic nitrogens is 1. The number of nitrogens with one attached hydrogen (secondary N) is 2. The first-order valence-corrected chi connectivity index (χ1v) is 7.70. The van der Waals surface area contributed by atoms with Crippen LogP contribution in [0.5, 0.6) is 0 Å². The molecule has 6 heteroatoms. The zero-order chi connectivity index (χ0) is 17.5. The average Bonchev–Trinajstić information content (AvgIpc) is 2.96. The predicted molar refractivity (Wildman–Crippen MR) is 91.7 cm³/mol. The van der Waals surface area contributed by atoms with Crippen LogP contribution in [0.3, 0.4) is 0 Å². The molecule has 2 rings (SSSR count). The number of para-hydroxylation sites is 1. The molecular formula is C18H22N2O4. The van der Waals surface area contributed by atoms with Gasteiger partial charge in [-0.15, -0.1) is 0 Å². The van der Waals surface area contributed by atoms with Gasteiger partial charge in [0.15, 0.2) is 0 Å². The number of carbonyl (C=O) groups is 2. The van der Waals surface area contributed by atoms with Gasteiger partial charge in [-0.25, -0.2) is 9.59 Å². The summed E-state index contributed by atoms with van der Waals surface area (Å²) < 4.78 is 9.83. The Bertz CT molecular complexity index is 744. The molecule has 0 saturated heterocycles. The molecule has 0 saturated carbocycles. The van der Waals surface area contributed by atoms with Crippen LogP contribution in [0.2, 0.25) is 0 Å². The van der Waals surface area contributed by atoms with Crippen LogP contribution in [0.25, 0.3) is 10.9 Å². The maximum atomic E-state index is 12.0. The summed E-state index contributed by atoms with van der Waals surface area (Å²) in [5, 5.41) is 3.57. The van der Waals surface area contributed by atoms with Crippen molar-refractivity contribution in [3.8, 4) is 0 Å². The lowest BCUT2D eigenvalue weighted by molar-refractivity contribution is -0.142. The Morgan fingerprint density at radius 2 is 2.04 bits per heavy atom. The smallest absolute Gasteiger partial charge is 0.408 e. The van der Waals surface area contributed by atoms with E-state index in [9.17, 15) is 9.59 Å². The number of H-pyrrole nitrogens is 1. The summed E-state index contributed by atoms with van der Waals surface area (Å²) >= 11 is 0. The second-order valence-corrected chi connectivity index (χ2v) is 5.66. The Morgan fingerprint density at radius 3 is 2.75 bits per heavy atom. The molecule has 0 aliphatic rings. The van der Waals surface area contributed by atoms with Crippen LogP contribution >= 0.6 is 0 Å². The van der Waals surface area contributed by atoms with E-state index >= 15 is 0 Å². The van der Waals surface area contributed by atoms with Gasteiger partial charge in [-0.1, -0.05) is 23.8 Å². The molecule has 1 atom stereocenters. The molecule has 0 fully saturated rings. The largest absolute Gasteiger partial charge is 0.467 e. The number of allylic oxidation sites excluding steroid dienone is 1. The van der Waals surface area contributed by atoms with Crippen molar-refractivity contribution in [3.63, 3.8) is 0 Å². The first-order valence-electron chi connectivity index (χ1n) is 7.70. The second kappa shape index (κ2) is 8.19. The molecule has 0 bridgehead atoms. The molecule has 0 aliphatic carbocycles. The standard InChI is InChI=1S/C18H22N2O4/c1-12(2)8-9-24-18(22)20-16(17(21)23-3)10-13-11-19-15-7-5-4-6-14(13)15/h4-8,11,16,19H,9-10H2,1-3H3,(H,20,22)/t16-/m0/s1. The Labute approximate surface area is 140 Å². The topological polar surface area (TPSA) is 80.4 Å². The van der Waals surface area contributed by atoms with Crippen LogP contribution in [0.4, 0.5) is 4.79 Å². The van der Waals surface area contributed by atoms with Crippen molar-refractivity contribution >= 4 is 23.0 Å². The minimum absolute atomic E-state index is 0.162. The Balaban J connectivity index is 2.07. The molecule has 1 amide bonds. The summed E-state index contributed by atoms with van der Waals surface area (Å²) in [6, 6.07) is 6.96. The zero-order valence-electron chi connectivity index (χ0n) is 14.1. The van der Waals surface area contributed by atoms with Gasteiger partial charge in [0.1, 0.15) is 12.6 Å². The fraction of sp³-hybridized carbons (Fsp3) is 0.333. The van der Waals surface area contributed by atoms with E-state index in [1.807, 2.05) is 44.3 Å². The van der Waals surface area contributed by atoms with Gasteiger partial charge >= 0.3 is 12.1 Å². The van der Waals surface area contributed by atoms with Crippen molar-refractivity contribution in [1.82, 2.24) is 10.3 Å². The molecule has 1 heterocycles. The van der Waals surface area contributed by atoms with Gasteiger partial charge in [0.2, 0.25) is 0 Å². The average molecular weight is 330 g/mol. The number of amides is 1. The molecule has 1 aromatic carbocycles. The van der Waals surface area contributed by atoms with Gasteiger partial charge in [-0.3, -0.25) is 0 Å². The van der Waals surface area contributed by atoms with E-state index in [1.165, 1.54) is 7.11 Å². The highest BCUT2D eigenvalue weighted by Gasteiger charge is 2.23. The van der Waals surface area contributed by atoms with Crippen molar-refractivity contribution in [2.24, 2.45) is 0 Å². The van der Waals surface area contributed by atoms with Gasteiger partial charge in [0.25, 0.3) is 0 Å². The van der Waals surface area contributed by atoms with Crippen LogP contribution in [0.15, 0.2) is 42.1 Å². The second-order valence-electron chi connectivity index (χ2n) is 5.66. The van der Waals surface area contributed by atoms with E-state index in [2.05, 4.69) is 10.3 Å². The molecule has 0 spiro atoms. The number of alkyl carbamates (subject to hydrolysis) is 1. The Morgan fingerprint density at radius 1 is 1.29 bits per heavy atom. The zero-order valence-corrected chi connectivity index (χ0v) is 14.1. The van der Waals surface area contributed by atoms with E-state index in [0.717, 1.165) is 22.0 Å². The van der Waals surface area contributed by atoms with Crippen molar-refractivity contribution in [3.05, 3.63) is 47.7 Å². The number of benzene rings is 1. The highest BCUT2D eigenvalue weighted by molar-refractivity contribution is 5.86. The summed E-state index contributed by atoms with van der Waals surface area (Å²) in [7, 11) is 1.29. The Hall–Kier alpha value is -2.76. The first-order chi connectivity index (χ1) is 11.5. The maximum Gasteiger partial charge on any atom is 0.408 e. The van der Waals surface area contributed by atoms with Gasteiger partial charge in [-0.2, -0.15) is 0 Å². The predicted octanol–water partition coefficient (Wildman–Crippen LogP) is 2.94. The molecule has 6 nitrogen and oxygen atoms in total. The third-order valence-corrected chi connectivity index (χ3v) is 3.58.